The highest BCUT2D eigenvalue weighted by molar-refractivity contribution is 6.33. The molecule has 1 N–H and O–H groups in total. The molecule has 6 heteroatoms. The molecule has 0 radical (unpaired) electrons. The van der Waals surface area contributed by atoms with Gasteiger partial charge in [-0.2, -0.15) is 0 Å². The van der Waals surface area contributed by atoms with Crippen LogP contribution in [0.1, 0.15) is 17.3 Å². The zero-order valence-corrected chi connectivity index (χ0v) is 13.5. The van der Waals surface area contributed by atoms with Crippen LogP contribution in [0.4, 0.5) is 0 Å². The van der Waals surface area contributed by atoms with Crippen molar-refractivity contribution in [3.05, 3.63) is 47.2 Å². The number of aromatic amines is 1. The summed E-state index contributed by atoms with van der Waals surface area (Å²) in [5.41, 5.74) is 3.31. The number of esters is 1. The predicted octanol–water partition coefficient (Wildman–Crippen LogP) is 4.07. The summed E-state index contributed by atoms with van der Waals surface area (Å²) in [7, 11) is 1.34. The molecule has 0 aliphatic heterocycles. The molecule has 0 saturated heterocycles. The Morgan fingerprint density at radius 3 is 2.83 bits per heavy atom. The number of carbonyl (C=O) groups is 1. The fraction of sp³-hybridized carbons (Fsp3) is 0.176. The van der Waals surface area contributed by atoms with Crippen molar-refractivity contribution < 1.29 is 14.3 Å². The molecule has 3 aromatic rings. The van der Waals surface area contributed by atoms with E-state index in [1.807, 2.05) is 25.1 Å². The van der Waals surface area contributed by atoms with Crippen LogP contribution in [0.3, 0.4) is 0 Å². The molecule has 0 aliphatic carbocycles. The number of hydrogen-bond acceptors (Lipinski definition) is 4. The Hall–Kier alpha value is -2.53. The minimum atomic E-state index is -0.439. The monoisotopic (exact) mass is 330 g/mol. The van der Waals surface area contributed by atoms with Gasteiger partial charge in [0.1, 0.15) is 11.3 Å². The van der Waals surface area contributed by atoms with Gasteiger partial charge in [-0.25, -0.2) is 9.78 Å². The molecule has 0 aliphatic rings. The molecule has 118 valence electrons. The van der Waals surface area contributed by atoms with Gasteiger partial charge >= 0.3 is 5.97 Å². The molecule has 0 unspecified atom stereocenters. The Labute approximate surface area is 138 Å². The second-order valence-electron chi connectivity index (χ2n) is 4.89. The van der Waals surface area contributed by atoms with Crippen LogP contribution in [0, 0.1) is 0 Å². The average Bonchev–Trinajstić information content (AvgIpc) is 3.02. The fourth-order valence-electron chi connectivity index (χ4n) is 2.46. The van der Waals surface area contributed by atoms with Crippen LogP contribution in [0.25, 0.3) is 22.2 Å². The van der Waals surface area contributed by atoms with Gasteiger partial charge in [-0.1, -0.05) is 11.6 Å². The first-order chi connectivity index (χ1) is 11.1. The Balaban J connectivity index is 2.14. The molecule has 0 spiro atoms. The number of ether oxygens (including phenoxy) is 2. The zero-order chi connectivity index (χ0) is 16.4. The lowest BCUT2D eigenvalue weighted by molar-refractivity contribution is 0.0603. The van der Waals surface area contributed by atoms with E-state index in [-0.39, 0.29) is 0 Å². The molecule has 0 bridgehead atoms. The molecule has 2 aromatic carbocycles. The summed E-state index contributed by atoms with van der Waals surface area (Å²) in [6.45, 7) is 2.49. The van der Waals surface area contributed by atoms with E-state index >= 15 is 0 Å². The number of H-pyrrole nitrogens is 1. The number of benzene rings is 2. The van der Waals surface area contributed by atoms with Gasteiger partial charge in [-0.3, -0.25) is 0 Å². The Morgan fingerprint density at radius 1 is 1.30 bits per heavy atom. The molecule has 0 saturated carbocycles. The number of rotatable bonds is 4. The SMILES string of the molecule is CCOc1ccc(-c2cc(C(=O)OC)c3nc[nH]c3c2)c(Cl)c1. The molecule has 0 amide bonds. The molecule has 0 atom stereocenters. The second-order valence-corrected chi connectivity index (χ2v) is 5.30. The van der Waals surface area contributed by atoms with Crippen molar-refractivity contribution in [3.8, 4) is 16.9 Å². The van der Waals surface area contributed by atoms with Crippen molar-refractivity contribution in [1.29, 1.82) is 0 Å². The topological polar surface area (TPSA) is 64.2 Å². The summed E-state index contributed by atoms with van der Waals surface area (Å²) in [6.07, 6.45) is 1.54. The minimum Gasteiger partial charge on any atom is -0.494 e. The molecule has 1 heterocycles. The number of fused-ring (bicyclic) bond motifs is 1. The van der Waals surface area contributed by atoms with Gasteiger partial charge < -0.3 is 14.5 Å². The predicted molar refractivity (Wildman–Crippen MR) is 89.0 cm³/mol. The number of halogens is 1. The van der Waals surface area contributed by atoms with Crippen molar-refractivity contribution in [3.63, 3.8) is 0 Å². The first kappa shape index (κ1) is 15.4. The van der Waals surface area contributed by atoms with Gasteiger partial charge in [-0.05, 0) is 42.8 Å². The fourth-order valence-corrected chi connectivity index (χ4v) is 2.74. The molecule has 1 aromatic heterocycles. The summed E-state index contributed by atoms with van der Waals surface area (Å²) in [5.74, 6) is 0.267. The maximum absolute atomic E-state index is 12.0. The van der Waals surface area contributed by atoms with Crippen molar-refractivity contribution in [2.45, 2.75) is 6.92 Å². The number of hydrogen-bond donors (Lipinski definition) is 1. The lowest BCUT2D eigenvalue weighted by Crippen LogP contribution is -2.02. The smallest absolute Gasteiger partial charge is 0.340 e. The molecule has 0 fully saturated rings. The number of nitrogens with one attached hydrogen (secondary N) is 1. The Morgan fingerprint density at radius 2 is 2.13 bits per heavy atom. The number of aromatic nitrogens is 2. The van der Waals surface area contributed by atoms with Gasteiger partial charge in [-0.15, -0.1) is 0 Å². The second kappa shape index (κ2) is 6.30. The quantitative estimate of drug-likeness (QED) is 0.732. The molecular weight excluding hydrogens is 316 g/mol. The first-order valence-corrected chi connectivity index (χ1v) is 7.50. The van der Waals surface area contributed by atoms with Crippen LogP contribution in [0.5, 0.6) is 5.75 Å². The van der Waals surface area contributed by atoms with E-state index in [1.165, 1.54) is 7.11 Å². The molecule has 5 nitrogen and oxygen atoms in total. The van der Waals surface area contributed by atoms with Gasteiger partial charge in [0.2, 0.25) is 0 Å². The third-order valence-corrected chi connectivity index (χ3v) is 3.80. The standard InChI is InChI=1S/C17H15ClN2O3/c1-3-23-11-4-5-12(14(18)8-11)10-6-13(17(21)22-2)16-15(7-10)19-9-20-16/h4-9H,3H2,1-2H3,(H,19,20). The van der Waals surface area contributed by atoms with Crippen LogP contribution in [-0.4, -0.2) is 29.7 Å². The minimum absolute atomic E-state index is 0.395. The van der Waals surface area contributed by atoms with E-state index in [4.69, 9.17) is 21.1 Å². The highest BCUT2D eigenvalue weighted by Gasteiger charge is 2.16. The largest absolute Gasteiger partial charge is 0.494 e. The van der Waals surface area contributed by atoms with Crippen LogP contribution < -0.4 is 4.74 Å². The summed E-state index contributed by atoms with van der Waals surface area (Å²) in [5, 5.41) is 0.547. The van der Waals surface area contributed by atoms with E-state index in [2.05, 4.69) is 9.97 Å². The van der Waals surface area contributed by atoms with E-state index in [0.717, 1.165) is 16.6 Å². The van der Waals surface area contributed by atoms with Crippen LogP contribution in [-0.2, 0) is 4.74 Å². The van der Waals surface area contributed by atoms with E-state index in [9.17, 15) is 4.79 Å². The van der Waals surface area contributed by atoms with Crippen molar-refractivity contribution in [1.82, 2.24) is 9.97 Å². The summed E-state index contributed by atoms with van der Waals surface area (Å²) < 4.78 is 10.3. The van der Waals surface area contributed by atoms with Gasteiger partial charge in [0.15, 0.2) is 0 Å². The average molecular weight is 331 g/mol. The number of imidazole rings is 1. The van der Waals surface area contributed by atoms with E-state index in [0.29, 0.717) is 28.5 Å². The number of carbonyl (C=O) groups excluding carboxylic acids is 1. The number of methoxy groups -OCH3 is 1. The van der Waals surface area contributed by atoms with Crippen LogP contribution in [0.15, 0.2) is 36.7 Å². The first-order valence-electron chi connectivity index (χ1n) is 7.12. The maximum atomic E-state index is 12.0. The van der Waals surface area contributed by atoms with E-state index < -0.39 is 5.97 Å². The molecular formula is C17H15ClN2O3. The van der Waals surface area contributed by atoms with Crippen molar-refractivity contribution in [2.24, 2.45) is 0 Å². The third-order valence-electron chi connectivity index (χ3n) is 3.49. The lowest BCUT2D eigenvalue weighted by atomic mass is 10.0. The van der Waals surface area contributed by atoms with Crippen LogP contribution >= 0.6 is 11.6 Å². The summed E-state index contributed by atoms with van der Waals surface area (Å²) in [4.78, 5) is 19.2. The maximum Gasteiger partial charge on any atom is 0.340 e. The lowest BCUT2D eigenvalue weighted by Gasteiger charge is -2.10. The van der Waals surface area contributed by atoms with Gasteiger partial charge in [0.25, 0.3) is 0 Å². The van der Waals surface area contributed by atoms with Crippen molar-refractivity contribution >= 4 is 28.6 Å². The van der Waals surface area contributed by atoms with Gasteiger partial charge in [0, 0.05) is 5.56 Å². The molecule has 23 heavy (non-hydrogen) atoms. The van der Waals surface area contributed by atoms with E-state index in [1.54, 1.807) is 18.5 Å². The van der Waals surface area contributed by atoms with Crippen LogP contribution in [0.2, 0.25) is 5.02 Å². The zero-order valence-electron chi connectivity index (χ0n) is 12.7. The van der Waals surface area contributed by atoms with Crippen molar-refractivity contribution in [2.75, 3.05) is 13.7 Å². The van der Waals surface area contributed by atoms with Gasteiger partial charge in [0.05, 0.1) is 36.1 Å². The Kier molecular flexibility index (Phi) is 4.21. The third kappa shape index (κ3) is 2.87. The Bertz CT molecular complexity index is 873. The number of nitrogens with zero attached hydrogens (tertiary/aromatic N) is 1. The highest BCUT2D eigenvalue weighted by atomic mass is 35.5. The normalized spacial score (nSPS) is 10.7. The molecule has 3 rings (SSSR count). The highest BCUT2D eigenvalue weighted by Crippen LogP contribution is 2.33. The summed E-state index contributed by atoms with van der Waals surface area (Å²) >= 11 is 6.37. The summed E-state index contributed by atoms with van der Waals surface area (Å²) in [6, 6.07) is 9.11.